The Balaban J connectivity index is 1.97. The van der Waals surface area contributed by atoms with Crippen LogP contribution in [0.4, 0.5) is 0 Å². The zero-order valence-electron chi connectivity index (χ0n) is 13.6. The number of nitrogens with two attached hydrogens (primary N) is 1. The predicted octanol–water partition coefficient (Wildman–Crippen LogP) is 1.06. The molecule has 7 heteroatoms. The van der Waals surface area contributed by atoms with E-state index in [1.54, 1.807) is 42.5 Å². The molecule has 6 nitrogen and oxygen atoms in total. The first kappa shape index (κ1) is 18.7. The Bertz CT molecular complexity index is 821. The third kappa shape index (κ3) is 5.72. The van der Waals surface area contributed by atoms with Gasteiger partial charge in [-0.05, 0) is 24.1 Å². The second-order valence-electron chi connectivity index (χ2n) is 5.61. The van der Waals surface area contributed by atoms with E-state index in [4.69, 9.17) is 5.73 Å². The lowest BCUT2D eigenvalue weighted by Gasteiger charge is -2.15. The highest BCUT2D eigenvalue weighted by atomic mass is 32.2. The smallest absolute Gasteiger partial charge is 0.240 e. The molecule has 0 unspecified atom stereocenters. The lowest BCUT2D eigenvalue weighted by Crippen LogP contribution is -2.45. The van der Waals surface area contributed by atoms with Gasteiger partial charge in [0.25, 0.3) is 0 Å². The molecule has 3 N–H and O–H groups in total. The van der Waals surface area contributed by atoms with Crippen molar-refractivity contribution in [1.82, 2.24) is 5.32 Å². The fourth-order valence-corrected chi connectivity index (χ4v) is 3.68. The molecular weight excluding hydrogens is 340 g/mol. The Kier molecular flexibility index (Phi) is 6.30. The van der Waals surface area contributed by atoms with Crippen molar-refractivity contribution in [2.75, 3.05) is 5.75 Å². The van der Waals surface area contributed by atoms with Gasteiger partial charge < -0.3 is 11.1 Å². The first-order chi connectivity index (χ1) is 11.9. The highest BCUT2D eigenvalue weighted by molar-refractivity contribution is 7.91. The molecule has 0 saturated heterocycles. The number of sulfone groups is 1. The van der Waals surface area contributed by atoms with Crippen LogP contribution in [0.25, 0.3) is 0 Å². The van der Waals surface area contributed by atoms with Gasteiger partial charge in [0.15, 0.2) is 9.84 Å². The molecule has 25 heavy (non-hydrogen) atoms. The number of carbonyl (C=O) groups is 2. The Morgan fingerprint density at radius 1 is 0.960 bits per heavy atom. The molecule has 0 spiro atoms. The van der Waals surface area contributed by atoms with Crippen LogP contribution in [0.2, 0.25) is 0 Å². The highest BCUT2D eigenvalue weighted by Gasteiger charge is 2.22. The maximum Gasteiger partial charge on any atom is 0.240 e. The fraction of sp³-hybridized carbons (Fsp3) is 0.222. The van der Waals surface area contributed by atoms with Gasteiger partial charge in [-0.25, -0.2) is 8.42 Å². The number of rotatable bonds is 8. The summed E-state index contributed by atoms with van der Waals surface area (Å²) in [6.45, 7) is 0. The van der Waals surface area contributed by atoms with Crippen molar-refractivity contribution in [2.24, 2.45) is 5.73 Å². The Labute approximate surface area is 147 Å². The molecule has 0 saturated carbocycles. The van der Waals surface area contributed by atoms with Crippen LogP contribution in [0.5, 0.6) is 0 Å². The van der Waals surface area contributed by atoms with E-state index in [0.717, 1.165) is 5.56 Å². The van der Waals surface area contributed by atoms with Gasteiger partial charge in [-0.15, -0.1) is 0 Å². The van der Waals surface area contributed by atoms with Crippen molar-refractivity contribution < 1.29 is 18.0 Å². The summed E-state index contributed by atoms with van der Waals surface area (Å²) in [5.74, 6) is -1.42. The van der Waals surface area contributed by atoms with Gasteiger partial charge in [-0.1, -0.05) is 48.5 Å². The van der Waals surface area contributed by atoms with Crippen LogP contribution >= 0.6 is 0 Å². The molecule has 0 radical (unpaired) electrons. The Hall–Kier alpha value is -2.67. The maximum absolute atomic E-state index is 12.3. The molecule has 2 aromatic rings. The number of hydrogen-bond donors (Lipinski definition) is 2. The van der Waals surface area contributed by atoms with Crippen molar-refractivity contribution in [1.29, 1.82) is 0 Å². The van der Waals surface area contributed by atoms with Gasteiger partial charge in [-0.3, -0.25) is 9.59 Å². The summed E-state index contributed by atoms with van der Waals surface area (Å²) in [6.07, 6.45) is 0.0170. The van der Waals surface area contributed by atoms with E-state index in [2.05, 4.69) is 5.32 Å². The van der Waals surface area contributed by atoms with Crippen molar-refractivity contribution >= 4 is 21.7 Å². The zero-order chi connectivity index (χ0) is 18.3. The molecule has 0 bridgehead atoms. The van der Waals surface area contributed by atoms with E-state index in [1.807, 2.05) is 6.07 Å². The summed E-state index contributed by atoms with van der Waals surface area (Å²) in [4.78, 5) is 23.8. The minimum absolute atomic E-state index is 0.0763. The molecule has 2 amide bonds. The lowest BCUT2D eigenvalue weighted by molar-refractivity contribution is -0.127. The third-order valence-electron chi connectivity index (χ3n) is 3.66. The molecule has 1 atom stereocenters. The topological polar surface area (TPSA) is 106 Å². The van der Waals surface area contributed by atoms with Gasteiger partial charge >= 0.3 is 0 Å². The molecule has 0 aliphatic carbocycles. The minimum atomic E-state index is -3.54. The highest BCUT2D eigenvalue weighted by Crippen LogP contribution is 2.12. The van der Waals surface area contributed by atoms with Crippen LogP contribution in [-0.2, 0) is 25.8 Å². The number of primary amides is 1. The van der Waals surface area contributed by atoms with Gasteiger partial charge in [0.1, 0.15) is 6.04 Å². The summed E-state index contributed by atoms with van der Waals surface area (Å²) < 4.78 is 24.5. The number of nitrogens with one attached hydrogen (secondary N) is 1. The van der Waals surface area contributed by atoms with E-state index in [-0.39, 0.29) is 29.4 Å². The van der Waals surface area contributed by atoms with Crippen LogP contribution in [-0.4, -0.2) is 32.0 Å². The lowest BCUT2D eigenvalue weighted by atomic mass is 10.1. The van der Waals surface area contributed by atoms with E-state index in [0.29, 0.717) is 0 Å². The molecule has 0 fully saturated rings. The summed E-state index contributed by atoms with van der Waals surface area (Å²) >= 11 is 0. The quantitative estimate of drug-likeness (QED) is 0.734. The van der Waals surface area contributed by atoms with Crippen LogP contribution in [0.1, 0.15) is 12.0 Å². The second-order valence-corrected chi connectivity index (χ2v) is 7.71. The average Bonchev–Trinajstić information content (AvgIpc) is 2.60. The van der Waals surface area contributed by atoms with Crippen molar-refractivity contribution in [3.8, 4) is 0 Å². The number of hydrogen-bond acceptors (Lipinski definition) is 4. The molecule has 132 valence electrons. The molecule has 0 heterocycles. The average molecular weight is 360 g/mol. The molecule has 0 aliphatic heterocycles. The summed E-state index contributed by atoms with van der Waals surface area (Å²) in [7, 11) is -3.54. The fourth-order valence-electron chi connectivity index (χ4n) is 2.33. The normalized spacial score (nSPS) is 12.3. The molecule has 2 aromatic carbocycles. The van der Waals surface area contributed by atoms with Crippen molar-refractivity contribution in [2.45, 2.75) is 23.8 Å². The maximum atomic E-state index is 12.3. The molecule has 0 aromatic heterocycles. The number of amides is 2. The van der Waals surface area contributed by atoms with Crippen LogP contribution in [0.3, 0.4) is 0 Å². The second kappa shape index (κ2) is 8.43. The summed E-state index contributed by atoms with van der Waals surface area (Å²) in [5.41, 5.74) is 6.09. The standard InChI is InChI=1S/C18H20N2O4S/c19-18(22)16(20-17(21)13-14-7-3-1-4-8-14)11-12-25(23,24)15-9-5-2-6-10-15/h1-10,16H,11-13H2,(H2,19,22)(H,20,21)/t16-/m0/s1. The van der Waals surface area contributed by atoms with E-state index >= 15 is 0 Å². The van der Waals surface area contributed by atoms with Gasteiger partial charge in [0, 0.05) is 0 Å². The van der Waals surface area contributed by atoms with E-state index in [1.165, 1.54) is 12.1 Å². The van der Waals surface area contributed by atoms with E-state index < -0.39 is 21.8 Å². The largest absolute Gasteiger partial charge is 0.368 e. The first-order valence-corrected chi connectivity index (χ1v) is 9.44. The van der Waals surface area contributed by atoms with Crippen molar-refractivity contribution in [3.63, 3.8) is 0 Å². The Morgan fingerprint density at radius 2 is 1.52 bits per heavy atom. The van der Waals surface area contributed by atoms with Crippen LogP contribution in [0, 0.1) is 0 Å². The van der Waals surface area contributed by atoms with Gasteiger partial charge in [0.2, 0.25) is 11.8 Å². The number of carbonyl (C=O) groups excluding carboxylic acids is 2. The van der Waals surface area contributed by atoms with Crippen molar-refractivity contribution in [3.05, 3.63) is 66.2 Å². The predicted molar refractivity (Wildman–Crippen MR) is 94.4 cm³/mol. The van der Waals surface area contributed by atoms with Gasteiger partial charge in [-0.2, -0.15) is 0 Å². The first-order valence-electron chi connectivity index (χ1n) is 7.79. The molecular formula is C18H20N2O4S. The van der Waals surface area contributed by atoms with Gasteiger partial charge in [0.05, 0.1) is 17.1 Å². The monoisotopic (exact) mass is 360 g/mol. The summed E-state index contributed by atoms with van der Waals surface area (Å²) in [6, 6.07) is 15.9. The zero-order valence-corrected chi connectivity index (χ0v) is 14.4. The molecule has 2 rings (SSSR count). The summed E-state index contributed by atoms with van der Waals surface area (Å²) in [5, 5.41) is 2.51. The Morgan fingerprint density at radius 3 is 2.08 bits per heavy atom. The van der Waals surface area contributed by atoms with Crippen LogP contribution < -0.4 is 11.1 Å². The molecule has 0 aliphatic rings. The van der Waals surface area contributed by atoms with Crippen LogP contribution in [0.15, 0.2) is 65.6 Å². The van der Waals surface area contributed by atoms with E-state index in [9.17, 15) is 18.0 Å². The third-order valence-corrected chi connectivity index (χ3v) is 5.43. The number of benzene rings is 2. The SMILES string of the molecule is NC(=O)[C@H](CCS(=O)(=O)c1ccccc1)NC(=O)Cc1ccccc1. The minimum Gasteiger partial charge on any atom is -0.368 e.